The number of nitriles is 1. The largest absolute Gasteiger partial charge is 0.454 e. The molecule has 0 N–H and O–H groups in total. The smallest absolute Gasteiger partial charge is 0.216 e. The van der Waals surface area contributed by atoms with Gasteiger partial charge in [-0.15, -0.1) is 0 Å². The highest BCUT2D eigenvalue weighted by Gasteiger charge is 2.24. The van der Waals surface area contributed by atoms with E-state index in [2.05, 4.69) is 78.9 Å². The quantitative estimate of drug-likeness (QED) is 0.149. The first-order valence-corrected chi connectivity index (χ1v) is 15.7. The molecule has 3 nitrogen and oxygen atoms in total. The van der Waals surface area contributed by atoms with Crippen LogP contribution in [0.15, 0.2) is 126 Å². The number of fused-ring (bicyclic) bond motifs is 3. The average Bonchev–Trinajstić information content (AvgIpc) is 3.47. The number of aromatic nitrogens is 1. The number of pyridine rings is 1. The number of hydrogen-bond donors (Lipinski definition) is 0. The first-order valence-electron chi connectivity index (χ1n) is 17.3. The molecule has 0 spiro atoms. The van der Waals surface area contributed by atoms with E-state index in [1.165, 1.54) is 28.2 Å². The molecule has 0 aliphatic carbocycles. The summed E-state index contributed by atoms with van der Waals surface area (Å²) in [5.74, 6) is 0. The number of hydrogen-bond acceptors (Lipinski definition) is 2. The van der Waals surface area contributed by atoms with Crippen LogP contribution in [-0.4, -0.2) is 0 Å². The van der Waals surface area contributed by atoms with Crippen LogP contribution in [0.2, 0.25) is 0 Å². The van der Waals surface area contributed by atoms with Crippen molar-refractivity contribution in [1.82, 2.24) is 0 Å². The highest BCUT2D eigenvalue weighted by molar-refractivity contribution is 7.79. The van der Waals surface area contributed by atoms with E-state index in [1.54, 1.807) is 11.6 Å². The minimum atomic E-state index is -2.65. The highest BCUT2D eigenvalue weighted by atomic mass is 31.1. The molecule has 0 saturated heterocycles. The van der Waals surface area contributed by atoms with E-state index in [0.717, 1.165) is 27.5 Å². The van der Waals surface area contributed by atoms with Crippen LogP contribution in [0.5, 0.6) is 0 Å². The topological polar surface area (TPSA) is 40.8 Å². The minimum Gasteiger partial charge on any atom is -0.454 e. The summed E-state index contributed by atoms with van der Waals surface area (Å²) in [6.45, 7) is -3.36. The Labute approximate surface area is 267 Å². The van der Waals surface area contributed by atoms with Crippen LogP contribution in [-0.2, 0) is 7.05 Å². The van der Waals surface area contributed by atoms with E-state index in [1.807, 2.05) is 43.3 Å². The Hall–Kier alpha value is -5.03. The van der Waals surface area contributed by atoms with Crippen molar-refractivity contribution in [2.45, 2.75) is 20.6 Å². The Morgan fingerprint density at radius 3 is 1.95 bits per heavy atom. The Bertz CT molecular complexity index is 2390. The summed E-state index contributed by atoms with van der Waals surface area (Å²) in [4.78, 5) is 0. The number of furan rings is 1. The van der Waals surface area contributed by atoms with Crippen LogP contribution in [0.3, 0.4) is 0 Å². The van der Waals surface area contributed by atoms with Gasteiger partial charge in [0.1, 0.15) is 24.3 Å². The maximum absolute atomic E-state index is 10.5. The molecule has 2 aromatic heterocycles. The van der Waals surface area contributed by atoms with Gasteiger partial charge in [0.05, 0.1) is 5.56 Å². The van der Waals surface area contributed by atoms with Crippen molar-refractivity contribution in [1.29, 1.82) is 5.26 Å². The van der Waals surface area contributed by atoms with Crippen LogP contribution < -0.4 is 20.5 Å². The molecule has 0 atom stereocenters. The SMILES string of the molecule is [2H]C([2H])([2H])c1cc(-c2c(C)ccc3c2oc2c(C#N)c(-c4ccc(P(c5ccccc5)c5ccccc5)cc4)ccc23)[n+](C)cc1C([2H])([2H])[2H]. The Morgan fingerprint density at radius 1 is 0.705 bits per heavy atom. The van der Waals surface area contributed by atoms with E-state index < -0.39 is 21.6 Å². The predicted molar refractivity (Wildman–Crippen MR) is 183 cm³/mol. The van der Waals surface area contributed by atoms with Gasteiger partial charge in [-0.3, -0.25) is 0 Å². The third-order valence-electron chi connectivity index (χ3n) is 8.13. The molecular formula is C40H32N2OP+. The molecule has 0 unspecified atom stereocenters. The number of benzene rings is 5. The van der Waals surface area contributed by atoms with Gasteiger partial charge in [0.25, 0.3) is 0 Å². The minimum absolute atomic E-state index is 0.222. The molecule has 44 heavy (non-hydrogen) atoms. The van der Waals surface area contributed by atoms with E-state index in [-0.39, 0.29) is 11.1 Å². The summed E-state index contributed by atoms with van der Waals surface area (Å²) in [5, 5.41) is 15.8. The summed E-state index contributed by atoms with van der Waals surface area (Å²) in [5.41, 5.74) is 4.44. The van der Waals surface area contributed by atoms with Gasteiger partial charge in [0.2, 0.25) is 5.69 Å². The fourth-order valence-electron chi connectivity index (χ4n) is 5.96. The maximum atomic E-state index is 10.5. The molecule has 0 saturated carbocycles. The molecule has 7 rings (SSSR count). The molecule has 0 fully saturated rings. The molecule has 0 radical (unpaired) electrons. The monoisotopic (exact) mass is 593 g/mol. The van der Waals surface area contributed by atoms with E-state index in [4.69, 9.17) is 12.6 Å². The summed E-state index contributed by atoms with van der Waals surface area (Å²) in [7, 11) is 0.910. The van der Waals surface area contributed by atoms with Crippen molar-refractivity contribution in [2.75, 3.05) is 0 Å². The summed E-state index contributed by atoms with van der Waals surface area (Å²) < 4.78 is 56.5. The first kappa shape index (κ1) is 21.6. The maximum Gasteiger partial charge on any atom is 0.216 e. The third-order valence-corrected chi connectivity index (χ3v) is 10.6. The normalized spacial score (nSPS) is 14.0. The third kappa shape index (κ3) is 4.69. The molecule has 5 aromatic carbocycles. The average molecular weight is 594 g/mol. The molecule has 0 amide bonds. The number of nitrogens with zero attached hydrogens (tertiary/aromatic N) is 2. The van der Waals surface area contributed by atoms with Crippen molar-refractivity contribution in [3.8, 4) is 28.5 Å². The molecule has 7 aromatic rings. The van der Waals surface area contributed by atoms with Crippen LogP contribution in [0.25, 0.3) is 44.3 Å². The zero-order chi connectivity index (χ0) is 35.4. The second kappa shape index (κ2) is 11.2. The van der Waals surface area contributed by atoms with Crippen molar-refractivity contribution >= 4 is 45.8 Å². The van der Waals surface area contributed by atoms with E-state index in [9.17, 15) is 5.26 Å². The van der Waals surface area contributed by atoms with E-state index in [0.29, 0.717) is 28.0 Å². The summed E-state index contributed by atoms with van der Waals surface area (Å²) in [6, 6.07) is 40.9. The van der Waals surface area contributed by atoms with Gasteiger partial charge in [-0.25, -0.2) is 4.57 Å². The molecule has 212 valence electrons. The van der Waals surface area contributed by atoms with Crippen LogP contribution in [0.1, 0.15) is 30.5 Å². The molecule has 4 heteroatoms. The number of rotatable bonds is 5. The lowest BCUT2D eigenvalue weighted by Gasteiger charge is -2.19. The number of aryl methyl sites for hydroxylation is 4. The second-order valence-corrected chi connectivity index (χ2v) is 13.1. The van der Waals surface area contributed by atoms with Gasteiger partial charge in [-0.2, -0.15) is 5.26 Å². The van der Waals surface area contributed by atoms with Gasteiger partial charge in [-0.05, 0) is 67.2 Å². The molecule has 2 heterocycles. The lowest BCUT2D eigenvalue weighted by molar-refractivity contribution is -0.660. The zero-order valence-electron chi connectivity index (χ0n) is 30.3. The van der Waals surface area contributed by atoms with Crippen LogP contribution >= 0.6 is 7.92 Å². The summed E-state index contributed by atoms with van der Waals surface area (Å²) in [6.07, 6.45) is 1.37. The predicted octanol–water partition coefficient (Wildman–Crippen LogP) is 8.30. The Balaban J connectivity index is 1.37. The fraction of sp³-hybridized carbons (Fsp3) is 0.100. The fourth-order valence-corrected chi connectivity index (χ4v) is 8.24. The second-order valence-electron chi connectivity index (χ2n) is 10.9. The molecule has 0 aliphatic rings. The van der Waals surface area contributed by atoms with Crippen molar-refractivity contribution in [3.63, 3.8) is 0 Å². The standard InChI is InChI=1S/C40H32N2OP/c1-26-15-20-35-34-22-21-33(36(24-41)39(34)43-40(35)38(26)37-23-27(2)28(3)25-42(37)4)29-16-18-32(19-17-29)44(30-11-7-5-8-12-30)31-13-9-6-10-14-31/h5-23,25H,1-4H3/q+1/i2D3,3D3. The zero-order valence-corrected chi connectivity index (χ0v) is 25.2. The first-order chi connectivity index (χ1) is 23.9. The molecule has 0 aliphatic heterocycles. The highest BCUT2D eigenvalue weighted by Crippen LogP contribution is 2.41. The van der Waals surface area contributed by atoms with Gasteiger partial charge in [0.15, 0.2) is 11.8 Å². The Kier molecular flexibility index (Phi) is 5.52. The molecular weight excluding hydrogens is 555 g/mol. The Morgan fingerprint density at radius 2 is 1.32 bits per heavy atom. The van der Waals surface area contributed by atoms with Gasteiger partial charge in [-0.1, -0.05) is 103 Å². The lowest BCUT2D eigenvalue weighted by Crippen LogP contribution is -2.31. The van der Waals surface area contributed by atoms with Crippen molar-refractivity contribution < 1.29 is 17.2 Å². The van der Waals surface area contributed by atoms with Crippen molar-refractivity contribution in [3.05, 3.63) is 144 Å². The lowest BCUT2D eigenvalue weighted by atomic mass is 9.96. The van der Waals surface area contributed by atoms with Crippen molar-refractivity contribution in [2.24, 2.45) is 7.05 Å². The summed E-state index contributed by atoms with van der Waals surface area (Å²) >= 11 is 0. The van der Waals surface area contributed by atoms with Crippen LogP contribution in [0.4, 0.5) is 0 Å². The van der Waals surface area contributed by atoms with Gasteiger partial charge < -0.3 is 4.42 Å². The van der Waals surface area contributed by atoms with E-state index >= 15 is 0 Å². The molecule has 0 bridgehead atoms. The van der Waals surface area contributed by atoms with Gasteiger partial charge in [0, 0.05) is 36.2 Å². The van der Waals surface area contributed by atoms with Crippen LogP contribution in [0, 0.1) is 32.0 Å². The van der Waals surface area contributed by atoms with Gasteiger partial charge >= 0.3 is 0 Å².